The molecule has 0 saturated heterocycles. The summed E-state index contributed by atoms with van der Waals surface area (Å²) in [6.07, 6.45) is 0. The van der Waals surface area contributed by atoms with Crippen LogP contribution in [0.4, 0.5) is 5.69 Å². The van der Waals surface area contributed by atoms with E-state index in [9.17, 15) is 4.79 Å². The van der Waals surface area contributed by atoms with Gasteiger partial charge in [0.2, 0.25) is 5.91 Å². The van der Waals surface area contributed by atoms with Gasteiger partial charge in [0.05, 0.1) is 12.6 Å². The van der Waals surface area contributed by atoms with Crippen LogP contribution >= 0.6 is 0 Å². The molecule has 26 heavy (non-hydrogen) atoms. The number of carbonyl (C=O) groups is 1. The monoisotopic (exact) mass is 344 g/mol. The molecule has 0 aromatic heterocycles. The van der Waals surface area contributed by atoms with Gasteiger partial charge in [-0.2, -0.15) is 0 Å². The second kappa shape index (κ2) is 8.34. The Bertz CT molecular complexity index is 779. The molecule has 1 amide bonds. The summed E-state index contributed by atoms with van der Waals surface area (Å²) in [5.41, 5.74) is 3.25. The Hall–Kier alpha value is -3.07. The first kappa shape index (κ1) is 17.7. The van der Waals surface area contributed by atoms with Gasteiger partial charge in [-0.1, -0.05) is 78.9 Å². The van der Waals surface area contributed by atoms with Crippen LogP contribution in [0.25, 0.3) is 0 Å². The average molecular weight is 344 g/mol. The van der Waals surface area contributed by atoms with Gasteiger partial charge in [0.25, 0.3) is 0 Å². The lowest BCUT2D eigenvalue weighted by atomic mass is 9.97. The molecule has 0 spiro atoms. The standard InChI is InChI=1S/C23H24N2O/c1-24(21-16-10-5-11-17-21)18-22(26)25(2)23(19-12-6-3-7-13-19)20-14-8-4-9-15-20/h3-17,23H,18H2,1-2H3. The van der Waals surface area contributed by atoms with Crippen molar-refractivity contribution in [2.24, 2.45) is 0 Å². The van der Waals surface area contributed by atoms with Crippen molar-refractivity contribution in [3.05, 3.63) is 102 Å². The van der Waals surface area contributed by atoms with Crippen LogP contribution in [-0.2, 0) is 4.79 Å². The van der Waals surface area contributed by atoms with E-state index in [2.05, 4.69) is 24.3 Å². The summed E-state index contributed by atoms with van der Waals surface area (Å²) in [5, 5.41) is 0. The molecule has 3 heteroatoms. The number of rotatable bonds is 6. The van der Waals surface area contributed by atoms with Crippen LogP contribution in [0, 0.1) is 0 Å². The van der Waals surface area contributed by atoms with Crippen molar-refractivity contribution < 1.29 is 4.79 Å². The van der Waals surface area contributed by atoms with Crippen LogP contribution in [-0.4, -0.2) is 31.4 Å². The molecule has 0 aliphatic heterocycles. The lowest BCUT2D eigenvalue weighted by Crippen LogP contribution is -2.39. The largest absolute Gasteiger partial charge is 0.365 e. The number of para-hydroxylation sites is 1. The van der Waals surface area contributed by atoms with Crippen molar-refractivity contribution in [3.8, 4) is 0 Å². The number of hydrogen-bond donors (Lipinski definition) is 0. The van der Waals surface area contributed by atoms with E-state index < -0.39 is 0 Å². The fraction of sp³-hybridized carbons (Fsp3) is 0.174. The van der Waals surface area contributed by atoms with Crippen molar-refractivity contribution in [3.63, 3.8) is 0 Å². The summed E-state index contributed by atoms with van der Waals surface area (Å²) >= 11 is 0. The predicted octanol–water partition coefficient (Wildman–Crippen LogP) is 4.37. The van der Waals surface area contributed by atoms with Crippen LogP contribution in [0.2, 0.25) is 0 Å². The highest BCUT2D eigenvalue weighted by molar-refractivity contribution is 5.82. The third-order valence-electron chi connectivity index (χ3n) is 4.58. The van der Waals surface area contributed by atoms with Gasteiger partial charge in [0.15, 0.2) is 0 Å². The second-order valence-electron chi connectivity index (χ2n) is 6.42. The summed E-state index contributed by atoms with van der Waals surface area (Å²) in [7, 11) is 3.83. The van der Waals surface area contributed by atoms with E-state index in [0.717, 1.165) is 16.8 Å². The lowest BCUT2D eigenvalue weighted by Gasteiger charge is -2.31. The SMILES string of the molecule is CN(CC(=O)N(C)C(c1ccccc1)c1ccccc1)c1ccccc1. The Morgan fingerprint density at radius 3 is 1.62 bits per heavy atom. The summed E-state index contributed by atoms with van der Waals surface area (Å²) < 4.78 is 0. The quantitative estimate of drug-likeness (QED) is 0.663. The third kappa shape index (κ3) is 4.12. The van der Waals surface area contributed by atoms with Crippen LogP contribution in [0.1, 0.15) is 17.2 Å². The van der Waals surface area contributed by atoms with Crippen LogP contribution in [0.3, 0.4) is 0 Å². The second-order valence-corrected chi connectivity index (χ2v) is 6.42. The van der Waals surface area contributed by atoms with Gasteiger partial charge in [-0.25, -0.2) is 0 Å². The molecular weight excluding hydrogens is 320 g/mol. The fourth-order valence-corrected chi connectivity index (χ4v) is 3.14. The summed E-state index contributed by atoms with van der Waals surface area (Å²) in [4.78, 5) is 16.8. The molecule has 0 aliphatic carbocycles. The van der Waals surface area contributed by atoms with Gasteiger partial charge in [0, 0.05) is 19.8 Å². The Kier molecular flexibility index (Phi) is 5.69. The van der Waals surface area contributed by atoms with E-state index in [-0.39, 0.29) is 11.9 Å². The number of hydrogen-bond acceptors (Lipinski definition) is 2. The molecule has 132 valence electrons. The number of amides is 1. The summed E-state index contributed by atoms with van der Waals surface area (Å²) in [6, 6.07) is 30.2. The molecule has 0 aliphatic rings. The molecule has 3 rings (SSSR count). The number of carbonyl (C=O) groups excluding carboxylic acids is 1. The highest BCUT2D eigenvalue weighted by atomic mass is 16.2. The number of anilines is 1. The van der Waals surface area contributed by atoms with Crippen molar-refractivity contribution in [2.45, 2.75) is 6.04 Å². The van der Waals surface area contributed by atoms with Gasteiger partial charge < -0.3 is 9.80 Å². The first-order valence-corrected chi connectivity index (χ1v) is 8.78. The smallest absolute Gasteiger partial charge is 0.242 e. The van der Waals surface area contributed by atoms with Crippen molar-refractivity contribution in [2.75, 3.05) is 25.5 Å². The zero-order valence-corrected chi connectivity index (χ0v) is 15.2. The summed E-state index contributed by atoms with van der Waals surface area (Å²) in [6.45, 7) is 0.330. The van der Waals surface area contributed by atoms with Gasteiger partial charge in [-0.3, -0.25) is 4.79 Å². The molecule has 0 heterocycles. The zero-order chi connectivity index (χ0) is 18.4. The van der Waals surface area contributed by atoms with Crippen molar-refractivity contribution >= 4 is 11.6 Å². The number of nitrogens with zero attached hydrogens (tertiary/aromatic N) is 2. The highest BCUT2D eigenvalue weighted by Crippen LogP contribution is 2.27. The maximum atomic E-state index is 13.0. The molecule has 0 saturated carbocycles. The first-order valence-electron chi connectivity index (χ1n) is 8.78. The van der Waals surface area contributed by atoms with Gasteiger partial charge in [-0.15, -0.1) is 0 Å². The maximum absolute atomic E-state index is 13.0. The molecule has 0 atom stereocenters. The molecule has 3 nitrogen and oxygen atoms in total. The predicted molar refractivity (Wildman–Crippen MR) is 107 cm³/mol. The Morgan fingerprint density at radius 1 is 0.731 bits per heavy atom. The van der Waals surface area contributed by atoms with E-state index in [0.29, 0.717) is 6.54 Å². The molecule has 0 bridgehead atoms. The zero-order valence-electron chi connectivity index (χ0n) is 15.2. The van der Waals surface area contributed by atoms with Crippen LogP contribution in [0.15, 0.2) is 91.0 Å². The van der Waals surface area contributed by atoms with E-state index in [1.165, 1.54) is 0 Å². The van der Waals surface area contributed by atoms with Crippen molar-refractivity contribution in [1.29, 1.82) is 0 Å². The van der Waals surface area contributed by atoms with E-state index in [1.807, 2.05) is 90.6 Å². The molecule has 0 fully saturated rings. The molecule has 0 N–H and O–H groups in total. The maximum Gasteiger partial charge on any atom is 0.242 e. The Balaban J connectivity index is 1.83. The first-order chi connectivity index (χ1) is 12.7. The molecule has 0 radical (unpaired) electrons. The summed E-state index contributed by atoms with van der Waals surface area (Å²) in [5.74, 6) is 0.0778. The van der Waals surface area contributed by atoms with Crippen LogP contribution < -0.4 is 4.90 Å². The van der Waals surface area contributed by atoms with Crippen LogP contribution in [0.5, 0.6) is 0 Å². The van der Waals surface area contributed by atoms with Gasteiger partial charge in [-0.05, 0) is 23.3 Å². The Labute approximate surface area is 155 Å². The molecule has 0 unspecified atom stereocenters. The fourth-order valence-electron chi connectivity index (χ4n) is 3.14. The average Bonchev–Trinajstić information content (AvgIpc) is 2.70. The van der Waals surface area contributed by atoms with Gasteiger partial charge in [0.1, 0.15) is 0 Å². The van der Waals surface area contributed by atoms with E-state index in [1.54, 1.807) is 0 Å². The Morgan fingerprint density at radius 2 is 1.15 bits per heavy atom. The van der Waals surface area contributed by atoms with Crippen molar-refractivity contribution in [1.82, 2.24) is 4.90 Å². The molecule has 3 aromatic rings. The topological polar surface area (TPSA) is 23.6 Å². The minimum absolute atomic E-state index is 0.0778. The molecule has 3 aromatic carbocycles. The third-order valence-corrected chi connectivity index (χ3v) is 4.58. The number of benzene rings is 3. The normalized spacial score (nSPS) is 10.6. The number of likely N-dealkylation sites (N-methyl/N-ethyl adjacent to an activating group) is 2. The highest BCUT2D eigenvalue weighted by Gasteiger charge is 2.24. The minimum Gasteiger partial charge on any atom is -0.365 e. The molecular formula is C23H24N2O. The van der Waals surface area contributed by atoms with E-state index >= 15 is 0 Å². The minimum atomic E-state index is -0.103. The van der Waals surface area contributed by atoms with E-state index in [4.69, 9.17) is 0 Å². The van der Waals surface area contributed by atoms with Gasteiger partial charge >= 0.3 is 0 Å². The lowest BCUT2D eigenvalue weighted by molar-refractivity contribution is -0.129.